The third kappa shape index (κ3) is 4.51. The molecule has 0 saturated carbocycles. The number of thioether (sulfide) groups is 1. The second kappa shape index (κ2) is 7.09. The fourth-order valence-electron chi connectivity index (χ4n) is 1.12. The lowest BCUT2D eigenvalue weighted by molar-refractivity contribution is -0.118. The number of amides is 1. The predicted molar refractivity (Wildman–Crippen MR) is 66.3 cm³/mol. The van der Waals surface area contributed by atoms with Crippen molar-refractivity contribution in [1.82, 2.24) is 5.32 Å². The van der Waals surface area contributed by atoms with Gasteiger partial charge in [0.25, 0.3) is 0 Å². The molecule has 1 aromatic rings. The molecule has 0 unspecified atom stereocenters. The molecule has 0 aromatic heterocycles. The lowest BCUT2D eigenvalue weighted by Crippen LogP contribution is -2.24. The van der Waals surface area contributed by atoms with Crippen LogP contribution in [-0.4, -0.2) is 23.3 Å². The fourth-order valence-corrected chi connectivity index (χ4v) is 1.93. The summed E-state index contributed by atoms with van der Waals surface area (Å²) in [4.78, 5) is 12.3. The van der Waals surface area contributed by atoms with Crippen LogP contribution in [0.15, 0.2) is 41.8 Å². The lowest BCUT2D eigenvalue weighted by Gasteiger charge is -2.03. The van der Waals surface area contributed by atoms with Gasteiger partial charge in [-0.05, 0) is 17.7 Å². The van der Waals surface area contributed by atoms with Crippen LogP contribution in [0.4, 0.5) is 0 Å². The van der Waals surface area contributed by atoms with Crippen molar-refractivity contribution in [3.8, 4) is 0 Å². The van der Waals surface area contributed by atoms with E-state index in [1.54, 1.807) is 6.08 Å². The third-order valence-electron chi connectivity index (χ3n) is 1.89. The third-order valence-corrected chi connectivity index (χ3v) is 2.89. The highest BCUT2D eigenvalue weighted by atomic mass is 32.2. The summed E-state index contributed by atoms with van der Waals surface area (Å²) in [5, 5.41) is 11.7. The van der Waals surface area contributed by atoms with Gasteiger partial charge in [0.05, 0.1) is 12.4 Å². The maximum Gasteiger partial charge on any atom is 0.230 e. The van der Waals surface area contributed by atoms with Gasteiger partial charge in [-0.15, -0.1) is 18.3 Å². The Morgan fingerprint density at radius 2 is 2.38 bits per heavy atom. The summed E-state index contributed by atoms with van der Waals surface area (Å²) in [6, 6.07) is 7.52. The summed E-state index contributed by atoms with van der Waals surface area (Å²) in [5.74, 6) is 0.363. The molecular weight excluding hydrogens is 222 g/mol. The number of benzene rings is 1. The molecular formula is C12H15NO2S. The van der Waals surface area contributed by atoms with E-state index in [0.717, 1.165) is 10.5 Å². The lowest BCUT2D eigenvalue weighted by atomic mass is 10.2. The van der Waals surface area contributed by atoms with E-state index in [0.29, 0.717) is 12.3 Å². The van der Waals surface area contributed by atoms with Gasteiger partial charge in [0, 0.05) is 11.4 Å². The Labute approximate surface area is 99.6 Å². The van der Waals surface area contributed by atoms with Gasteiger partial charge in [0.2, 0.25) is 5.91 Å². The summed E-state index contributed by atoms with van der Waals surface area (Å²) >= 11 is 1.45. The number of carbonyl (C=O) groups is 1. The molecule has 0 bridgehead atoms. The topological polar surface area (TPSA) is 49.3 Å². The maximum atomic E-state index is 11.3. The Morgan fingerprint density at radius 3 is 3.06 bits per heavy atom. The van der Waals surface area contributed by atoms with Crippen LogP contribution in [0.2, 0.25) is 0 Å². The zero-order chi connectivity index (χ0) is 11.8. The van der Waals surface area contributed by atoms with Crippen molar-refractivity contribution in [2.24, 2.45) is 0 Å². The smallest absolute Gasteiger partial charge is 0.230 e. The first-order valence-corrected chi connectivity index (χ1v) is 5.95. The zero-order valence-electron chi connectivity index (χ0n) is 8.98. The molecule has 4 heteroatoms. The van der Waals surface area contributed by atoms with Crippen LogP contribution in [0.5, 0.6) is 0 Å². The summed E-state index contributed by atoms with van der Waals surface area (Å²) in [6.07, 6.45) is 1.65. The zero-order valence-corrected chi connectivity index (χ0v) is 9.80. The number of nitrogens with one attached hydrogen (secondary N) is 1. The van der Waals surface area contributed by atoms with E-state index in [1.807, 2.05) is 24.3 Å². The molecule has 2 N–H and O–H groups in total. The molecule has 1 amide bonds. The fraction of sp³-hybridized carbons (Fsp3) is 0.250. The summed E-state index contributed by atoms with van der Waals surface area (Å²) < 4.78 is 0. The van der Waals surface area contributed by atoms with Crippen LogP contribution >= 0.6 is 11.8 Å². The number of aliphatic hydroxyl groups excluding tert-OH is 1. The number of carbonyl (C=O) groups excluding carboxylic acids is 1. The van der Waals surface area contributed by atoms with Gasteiger partial charge in [-0.3, -0.25) is 4.79 Å². The van der Waals surface area contributed by atoms with E-state index in [-0.39, 0.29) is 12.5 Å². The molecule has 0 heterocycles. The molecule has 16 heavy (non-hydrogen) atoms. The monoisotopic (exact) mass is 237 g/mol. The summed E-state index contributed by atoms with van der Waals surface area (Å²) in [7, 11) is 0. The second-order valence-electron chi connectivity index (χ2n) is 3.19. The average Bonchev–Trinajstić information content (AvgIpc) is 2.34. The number of rotatable bonds is 6. The standard InChI is InChI=1S/C12H15NO2S/c1-2-6-13-12(15)9-16-11-5-3-4-10(7-11)8-14/h2-5,7,14H,1,6,8-9H2,(H,13,15). The van der Waals surface area contributed by atoms with Gasteiger partial charge in [-0.1, -0.05) is 18.2 Å². The summed E-state index contributed by atoms with van der Waals surface area (Å²) in [6.45, 7) is 4.05. The van der Waals surface area contributed by atoms with E-state index in [2.05, 4.69) is 11.9 Å². The van der Waals surface area contributed by atoms with Crippen molar-refractivity contribution >= 4 is 17.7 Å². The minimum Gasteiger partial charge on any atom is -0.392 e. The van der Waals surface area contributed by atoms with Gasteiger partial charge in [-0.2, -0.15) is 0 Å². The molecule has 0 radical (unpaired) electrons. The van der Waals surface area contributed by atoms with Gasteiger partial charge in [0.1, 0.15) is 0 Å². The average molecular weight is 237 g/mol. The van der Waals surface area contributed by atoms with E-state index in [9.17, 15) is 4.79 Å². The SMILES string of the molecule is C=CCNC(=O)CSc1cccc(CO)c1. The molecule has 86 valence electrons. The van der Waals surface area contributed by atoms with Gasteiger partial charge >= 0.3 is 0 Å². The van der Waals surface area contributed by atoms with E-state index in [1.165, 1.54) is 11.8 Å². The first-order chi connectivity index (χ1) is 7.76. The molecule has 0 saturated heterocycles. The maximum absolute atomic E-state index is 11.3. The molecule has 1 aromatic carbocycles. The highest BCUT2D eigenvalue weighted by Gasteiger charge is 2.01. The Hall–Kier alpha value is -1.26. The highest BCUT2D eigenvalue weighted by molar-refractivity contribution is 8.00. The molecule has 0 aliphatic rings. The van der Waals surface area contributed by atoms with E-state index < -0.39 is 0 Å². The minimum atomic E-state index is -0.0145. The van der Waals surface area contributed by atoms with Gasteiger partial charge < -0.3 is 10.4 Å². The molecule has 0 atom stereocenters. The van der Waals surface area contributed by atoms with Crippen molar-refractivity contribution in [3.05, 3.63) is 42.5 Å². The minimum absolute atomic E-state index is 0.0145. The number of hydrogen-bond acceptors (Lipinski definition) is 3. The van der Waals surface area contributed by atoms with Crippen LogP contribution in [0.25, 0.3) is 0 Å². The normalized spacial score (nSPS) is 9.81. The first kappa shape index (κ1) is 12.8. The Kier molecular flexibility index (Phi) is 5.67. The predicted octanol–water partition coefficient (Wildman–Crippen LogP) is 1.57. The van der Waals surface area contributed by atoms with E-state index in [4.69, 9.17) is 5.11 Å². The number of aliphatic hydroxyl groups is 1. The Bertz CT molecular complexity index is 366. The van der Waals surface area contributed by atoms with E-state index >= 15 is 0 Å². The molecule has 0 aliphatic carbocycles. The quantitative estimate of drug-likeness (QED) is 0.583. The molecule has 3 nitrogen and oxygen atoms in total. The van der Waals surface area contributed by atoms with Crippen LogP contribution in [0, 0.1) is 0 Å². The first-order valence-electron chi connectivity index (χ1n) is 4.96. The van der Waals surface area contributed by atoms with Gasteiger partial charge in [0.15, 0.2) is 0 Å². The largest absolute Gasteiger partial charge is 0.392 e. The Morgan fingerprint density at radius 1 is 1.56 bits per heavy atom. The highest BCUT2D eigenvalue weighted by Crippen LogP contribution is 2.18. The van der Waals surface area contributed by atoms with Crippen LogP contribution in [0.1, 0.15) is 5.56 Å². The molecule has 0 spiro atoms. The molecule has 0 aliphatic heterocycles. The second-order valence-corrected chi connectivity index (χ2v) is 4.24. The van der Waals surface area contributed by atoms with Crippen molar-refractivity contribution in [3.63, 3.8) is 0 Å². The van der Waals surface area contributed by atoms with Crippen LogP contribution in [-0.2, 0) is 11.4 Å². The molecule has 0 fully saturated rings. The van der Waals surface area contributed by atoms with Crippen molar-refractivity contribution in [2.75, 3.05) is 12.3 Å². The summed E-state index contributed by atoms with van der Waals surface area (Å²) in [5.41, 5.74) is 0.858. The van der Waals surface area contributed by atoms with Gasteiger partial charge in [-0.25, -0.2) is 0 Å². The number of hydrogen-bond donors (Lipinski definition) is 2. The van der Waals surface area contributed by atoms with Crippen LogP contribution < -0.4 is 5.32 Å². The molecule has 1 rings (SSSR count). The van der Waals surface area contributed by atoms with Crippen LogP contribution in [0.3, 0.4) is 0 Å². The van der Waals surface area contributed by atoms with Crippen molar-refractivity contribution in [2.45, 2.75) is 11.5 Å². The van der Waals surface area contributed by atoms with Crippen molar-refractivity contribution in [1.29, 1.82) is 0 Å². The van der Waals surface area contributed by atoms with Crippen molar-refractivity contribution < 1.29 is 9.90 Å². The Balaban J connectivity index is 2.41.